The number of carboxylic acids is 1. The minimum Gasteiger partial charge on any atom is -0.505 e. The minimum absolute atomic E-state index is 0.239. The van der Waals surface area contributed by atoms with Crippen LogP contribution in [0.25, 0.3) is 0 Å². The molecule has 3 N–H and O–H groups in total. The van der Waals surface area contributed by atoms with E-state index >= 15 is 0 Å². The van der Waals surface area contributed by atoms with E-state index in [0.717, 1.165) is 12.1 Å². The van der Waals surface area contributed by atoms with Gasteiger partial charge in [0, 0.05) is 10.0 Å². The molecule has 0 radical (unpaired) electrons. The van der Waals surface area contributed by atoms with Crippen LogP contribution in [0.15, 0.2) is 16.6 Å². The molecule has 1 atom stereocenters. The van der Waals surface area contributed by atoms with E-state index in [1.54, 1.807) is 0 Å². The Kier molecular flexibility index (Phi) is 3.07. The molecule has 6 heteroatoms. The summed E-state index contributed by atoms with van der Waals surface area (Å²) >= 11 is 2.91. The van der Waals surface area contributed by atoms with E-state index in [1.807, 2.05) is 0 Å². The number of hydrogen-bond acceptors (Lipinski definition) is 3. The molecule has 14 heavy (non-hydrogen) atoms. The molecule has 0 fully saturated rings. The molecule has 0 aliphatic carbocycles. The molecule has 0 bridgehead atoms. The van der Waals surface area contributed by atoms with Gasteiger partial charge in [-0.15, -0.1) is 0 Å². The molecule has 0 saturated heterocycles. The highest BCUT2D eigenvalue weighted by atomic mass is 79.9. The number of aliphatic carboxylic acids is 1. The first-order valence-electron chi connectivity index (χ1n) is 3.52. The number of benzene rings is 1. The number of carbonyl (C=O) groups is 1. The van der Waals surface area contributed by atoms with E-state index in [2.05, 4.69) is 15.9 Å². The fourth-order valence-electron chi connectivity index (χ4n) is 0.927. The van der Waals surface area contributed by atoms with Crippen LogP contribution in [0.5, 0.6) is 5.75 Å². The Bertz CT molecular complexity index is 380. The smallest absolute Gasteiger partial charge is 0.337 e. The number of aromatic hydroxyl groups is 1. The third-order valence-electron chi connectivity index (χ3n) is 1.59. The Morgan fingerprint density at radius 1 is 1.50 bits per heavy atom. The molecule has 0 aliphatic heterocycles. The third kappa shape index (κ3) is 2.02. The maximum absolute atomic E-state index is 12.9. The van der Waals surface area contributed by atoms with Crippen LogP contribution < -0.4 is 0 Å². The lowest BCUT2D eigenvalue weighted by molar-refractivity contribution is -0.147. The second-order valence-electron chi connectivity index (χ2n) is 2.57. The second kappa shape index (κ2) is 3.93. The molecule has 1 unspecified atom stereocenters. The average molecular weight is 265 g/mol. The van der Waals surface area contributed by atoms with E-state index in [9.17, 15) is 9.18 Å². The van der Waals surface area contributed by atoms with Crippen molar-refractivity contribution in [3.63, 3.8) is 0 Å². The number of halogens is 2. The Balaban J connectivity index is 3.26. The van der Waals surface area contributed by atoms with E-state index < -0.39 is 23.6 Å². The van der Waals surface area contributed by atoms with Crippen LogP contribution in [0.3, 0.4) is 0 Å². The fourth-order valence-corrected chi connectivity index (χ4v) is 1.37. The van der Waals surface area contributed by atoms with Crippen LogP contribution in [0.1, 0.15) is 11.7 Å². The quantitative estimate of drug-likeness (QED) is 0.755. The van der Waals surface area contributed by atoms with E-state index in [0.29, 0.717) is 0 Å². The number of aliphatic hydroxyl groups is 1. The van der Waals surface area contributed by atoms with Gasteiger partial charge in [-0.05, 0) is 12.1 Å². The molecule has 0 spiro atoms. The zero-order valence-electron chi connectivity index (χ0n) is 6.74. The zero-order valence-corrected chi connectivity index (χ0v) is 8.32. The van der Waals surface area contributed by atoms with Gasteiger partial charge in [0.25, 0.3) is 0 Å². The van der Waals surface area contributed by atoms with Gasteiger partial charge in [0.2, 0.25) is 0 Å². The van der Waals surface area contributed by atoms with Gasteiger partial charge in [-0.1, -0.05) is 15.9 Å². The molecule has 4 nitrogen and oxygen atoms in total. The number of carboxylic acid groups (broad SMARTS) is 1. The highest BCUT2D eigenvalue weighted by Gasteiger charge is 2.22. The largest absolute Gasteiger partial charge is 0.505 e. The van der Waals surface area contributed by atoms with Crippen LogP contribution in [0.4, 0.5) is 4.39 Å². The highest BCUT2D eigenvalue weighted by molar-refractivity contribution is 9.10. The Morgan fingerprint density at radius 2 is 2.07 bits per heavy atom. The number of rotatable bonds is 2. The summed E-state index contributed by atoms with van der Waals surface area (Å²) < 4.78 is 13.1. The van der Waals surface area contributed by atoms with Crippen LogP contribution in [0.2, 0.25) is 0 Å². The summed E-state index contributed by atoms with van der Waals surface area (Å²) in [5, 5.41) is 26.6. The van der Waals surface area contributed by atoms with Crippen molar-refractivity contribution in [2.24, 2.45) is 0 Å². The van der Waals surface area contributed by atoms with E-state index in [-0.39, 0.29) is 10.0 Å². The molecule has 1 aromatic rings. The molecule has 1 rings (SSSR count). The first kappa shape index (κ1) is 10.9. The first-order chi connectivity index (χ1) is 6.43. The van der Waals surface area contributed by atoms with Gasteiger partial charge < -0.3 is 15.3 Å². The summed E-state index contributed by atoms with van der Waals surface area (Å²) in [6, 6.07) is 2.10. The van der Waals surface area contributed by atoms with Gasteiger partial charge in [0.15, 0.2) is 17.7 Å². The summed E-state index contributed by atoms with van der Waals surface area (Å²) in [4.78, 5) is 10.4. The van der Waals surface area contributed by atoms with Gasteiger partial charge in [-0.2, -0.15) is 0 Å². The normalized spacial score (nSPS) is 12.5. The zero-order chi connectivity index (χ0) is 10.9. The first-order valence-corrected chi connectivity index (χ1v) is 4.31. The lowest BCUT2D eigenvalue weighted by Crippen LogP contribution is -2.11. The lowest BCUT2D eigenvalue weighted by atomic mass is 10.1. The number of hydrogen-bond donors (Lipinski definition) is 3. The van der Waals surface area contributed by atoms with Crippen molar-refractivity contribution in [2.45, 2.75) is 6.10 Å². The molecule has 1 aromatic carbocycles. The Labute approximate surface area is 86.7 Å². The monoisotopic (exact) mass is 264 g/mol. The molecule has 0 heterocycles. The number of phenols is 1. The Hall–Kier alpha value is -1.14. The third-order valence-corrected chi connectivity index (χ3v) is 2.04. The maximum atomic E-state index is 12.9. The van der Waals surface area contributed by atoms with E-state index in [1.165, 1.54) is 0 Å². The van der Waals surface area contributed by atoms with Crippen molar-refractivity contribution < 1.29 is 24.5 Å². The molecule has 0 aromatic heterocycles. The van der Waals surface area contributed by atoms with Crippen molar-refractivity contribution in [2.75, 3.05) is 0 Å². The van der Waals surface area contributed by atoms with Gasteiger partial charge in [-0.25, -0.2) is 9.18 Å². The predicted molar refractivity (Wildman–Crippen MR) is 48.4 cm³/mol. The minimum atomic E-state index is -1.94. The molecule has 76 valence electrons. The molecule has 0 saturated carbocycles. The number of phenolic OH excluding ortho intramolecular Hbond substituents is 1. The van der Waals surface area contributed by atoms with Crippen LogP contribution in [-0.2, 0) is 4.79 Å². The standard InChI is InChI=1S/C8H6BrFO4/c9-3-1-4(7(12)8(13)14)6(11)5(10)2-3/h1-2,7,11-12H,(H,13,14). The van der Waals surface area contributed by atoms with Crippen molar-refractivity contribution >= 4 is 21.9 Å². The topological polar surface area (TPSA) is 77.8 Å². The van der Waals surface area contributed by atoms with Crippen LogP contribution in [0, 0.1) is 5.82 Å². The summed E-state index contributed by atoms with van der Waals surface area (Å²) in [6.07, 6.45) is -1.94. The van der Waals surface area contributed by atoms with Gasteiger partial charge in [0.05, 0.1) is 0 Å². The summed E-state index contributed by atoms with van der Waals surface area (Å²) in [6.45, 7) is 0. The number of aliphatic hydroxyl groups excluding tert-OH is 1. The Morgan fingerprint density at radius 3 is 2.57 bits per heavy atom. The molecular weight excluding hydrogens is 259 g/mol. The van der Waals surface area contributed by atoms with Gasteiger partial charge >= 0.3 is 5.97 Å². The summed E-state index contributed by atoms with van der Waals surface area (Å²) in [7, 11) is 0. The summed E-state index contributed by atoms with van der Waals surface area (Å²) in [5.74, 6) is -3.41. The maximum Gasteiger partial charge on any atom is 0.337 e. The van der Waals surface area contributed by atoms with Crippen LogP contribution in [-0.4, -0.2) is 21.3 Å². The van der Waals surface area contributed by atoms with Crippen molar-refractivity contribution in [3.05, 3.63) is 28.0 Å². The van der Waals surface area contributed by atoms with E-state index in [4.69, 9.17) is 15.3 Å². The lowest BCUT2D eigenvalue weighted by Gasteiger charge is -2.09. The highest BCUT2D eigenvalue weighted by Crippen LogP contribution is 2.30. The SMILES string of the molecule is O=C(O)C(O)c1cc(Br)cc(F)c1O. The average Bonchev–Trinajstić information content (AvgIpc) is 2.09. The van der Waals surface area contributed by atoms with Crippen molar-refractivity contribution in [1.82, 2.24) is 0 Å². The van der Waals surface area contributed by atoms with Gasteiger partial charge in [-0.3, -0.25) is 0 Å². The molecule has 0 aliphatic rings. The van der Waals surface area contributed by atoms with Crippen molar-refractivity contribution in [3.8, 4) is 5.75 Å². The molecule has 0 amide bonds. The molecular formula is C8H6BrFO4. The van der Waals surface area contributed by atoms with Crippen molar-refractivity contribution in [1.29, 1.82) is 0 Å². The second-order valence-corrected chi connectivity index (χ2v) is 3.48. The van der Waals surface area contributed by atoms with Gasteiger partial charge in [0.1, 0.15) is 0 Å². The van der Waals surface area contributed by atoms with Crippen LogP contribution >= 0.6 is 15.9 Å². The predicted octanol–water partition coefficient (Wildman–Crippen LogP) is 1.41. The summed E-state index contributed by atoms with van der Waals surface area (Å²) in [5.41, 5.74) is -0.385. The fraction of sp³-hybridized carbons (Fsp3) is 0.125.